The summed E-state index contributed by atoms with van der Waals surface area (Å²) in [4.78, 5) is 4.29. The Bertz CT molecular complexity index is 794. The SMILES string of the molecule is C[C@H]([C@@H]1O[C@@H]1C[C@H]1CO[C@@H](Cc2cnc(-c3ccccc3)o2)[C@H](O)[C@@H]1O)[C@H](C)O. The van der Waals surface area contributed by atoms with E-state index in [1.165, 1.54) is 0 Å². The molecule has 2 fully saturated rings. The van der Waals surface area contributed by atoms with Crippen molar-refractivity contribution in [2.75, 3.05) is 6.61 Å². The van der Waals surface area contributed by atoms with E-state index in [4.69, 9.17) is 13.9 Å². The number of aliphatic hydroxyl groups excluding tert-OH is 3. The zero-order valence-electron chi connectivity index (χ0n) is 16.7. The monoisotopic (exact) mass is 403 g/mol. The van der Waals surface area contributed by atoms with E-state index in [0.29, 0.717) is 31.1 Å². The third-order valence-electron chi connectivity index (χ3n) is 6.15. The van der Waals surface area contributed by atoms with Crippen molar-refractivity contribution in [1.29, 1.82) is 0 Å². The molecule has 8 atom stereocenters. The Kier molecular flexibility index (Phi) is 6.03. The van der Waals surface area contributed by atoms with Gasteiger partial charge in [-0.1, -0.05) is 25.1 Å². The van der Waals surface area contributed by atoms with E-state index < -0.39 is 24.4 Å². The molecule has 2 aliphatic rings. The lowest BCUT2D eigenvalue weighted by atomic mass is 9.86. The molecule has 3 heterocycles. The number of rotatable bonds is 7. The topological polar surface area (TPSA) is 108 Å². The number of nitrogens with zero attached hydrogens (tertiary/aromatic N) is 1. The number of aliphatic hydroxyl groups is 3. The minimum Gasteiger partial charge on any atom is -0.441 e. The first-order valence-electron chi connectivity index (χ1n) is 10.3. The van der Waals surface area contributed by atoms with Gasteiger partial charge in [0.2, 0.25) is 5.89 Å². The molecule has 1 aromatic heterocycles. The summed E-state index contributed by atoms with van der Waals surface area (Å²) in [6.45, 7) is 4.05. The summed E-state index contributed by atoms with van der Waals surface area (Å²) in [5.41, 5.74) is 0.884. The van der Waals surface area contributed by atoms with E-state index in [1.807, 2.05) is 37.3 Å². The molecule has 158 valence electrons. The average molecular weight is 403 g/mol. The van der Waals surface area contributed by atoms with Crippen molar-refractivity contribution in [3.63, 3.8) is 0 Å². The smallest absolute Gasteiger partial charge is 0.226 e. The summed E-state index contributed by atoms with van der Waals surface area (Å²) in [6.07, 6.45) is -0.309. The second-order valence-electron chi connectivity index (χ2n) is 8.29. The van der Waals surface area contributed by atoms with E-state index in [9.17, 15) is 15.3 Å². The number of ether oxygens (including phenoxy) is 2. The quantitative estimate of drug-likeness (QED) is 0.605. The van der Waals surface area contributed by atoms with Crippen LogP contribution < -0.4 is 0 Å². The molecule has 2 aromatic rings. The first kappa shape index (κ1) is 20.5. The fraction of sp³-hybridized carbons (Fsp3) is 0.591. The molecule has 0 radical (unpaired) electrons. The molecule has 3 N–H and O–H groups in total. The molecule has 0 aliphatic carbocycles. The van der Waals surface area contributed by atoms with E-state index in [0.717, 1.165) is 5.56 Å². The lowest BCUT2D eigenvalue weighted by Gasteiger charge is -2.37. The Morgan fingerprint density at radius 1 is 1.10 bits per heavy atom. The minimum atomic E-state index is -1.01. The van der Waals surface area contributed by atoms with Gasteiger partial charge in [-0.3, -0.25) is 0 Å². The highest BCUT2D eigenvalue weighted by molar-refractivity contribution is 5.52. The molecule has 1 aromatic carbocycles. The van der Waals surface area contributed by atoms with Gasteiger partial charge in [-0.25, -0.2) is 4.98 Å². The van der Waals surface area contributed by atoms with Crippen LogP contribution in [0.15, 0.2) is 40.9 Å². The molecule has 2 saturated heterocycles. The van der Waals surface area contributed by atoms with E-state index >= 15 is 0 Å². The van der Waals surface area contributed by atoms with Gasteiger partial charge in [0.25, 0.3) is 0 Å². The fourth-order valence-corrected chi connectivity index (χ4v) is 4.03. The van der Waals surface area contributed by atoms with Crippen LogP contribution in [0.25, 0.3) is 11.5 Å². The summed E-state index contributed by atoms with van der Waals surface area (Å²) in [6, 6.07) is 9.60. The van der Waals surface area contributed by atoms with E-state index in [-0.39, 0.29) is 24.0 Å². The van der Waals surface area contributed by atoms with Crippen molar-refractivity contribution in [1.82, 2.24) is 4.98 Å². The Balaban J connectivity index is 1.31. The molecule has 2 aliphatic heterocycles. The van der Waals surface area contributed by atoms with Gasteiger partial charge in [-0.2, -0.15) is 0 Å². The zero-order valence-corrected chi connectivity index (χ0v) is 16.7. The highest BCUT2D eigenvalue weighted by Gasteiger charge is 2.48. The maximum Gasteiger partial charge on any atom is 0.226 e. The molecule has 0 amide bonds. The third kappa shape index (κ3) is 4.54. The molecule has 7 nitrogen and oxygen atoms in total. The highest BCUT2D eigenvalue weighted by Crippen LogP contribution is 2.38. The zero-order chi connectivity index (χ0) is 20.5. The van der Waals surface area contributed by atoms with Crippen LogP contribution in [0, 0.1) is 11.8 Å². The summed E-state index contributed by atoms with van der Waals surface area (Å²) in [7, 11) is 0. The van der Waals surface area contributed by atoms with Crippen LogP contribution >= 0.6 is 0 Å². The summed E-state index contributed by atoms with van der Waals surface area (Å²) >= 11 is 0. The molecular weight excluding hydrogens is 374 g/mol. The normalized spacial score (nSPS) is 34.0. The summed E-state index contributed by atoms with van der Waals surface area (Å²) in [5, 5.41) is 30.9. The molecule has 29 heavy (non-hydrogen) atoms. The molecule has 0 unspecified atom stereocenters. The lowest BCUT2D eigenvalue weighted by molar-refractivity contribution is -0.166. The van der Waals surface area contributed by atoms with Crippen molar-refractivity contribution in [2.45, 2.75) is 63.3 Å². The van der Waals surface area contributed by atoms with Crippen molar-refractivity contribution >= 4 is 0 Å². The van der Waals surface area contributed by atoms with Gasteiger partial charge in [-0.05, 0) is 25.5 Å². The summed E-state index contributed by atoms with van der Waals surface area (Å²) < 4.78 is 17.3. The number of epoxide rings is 1. The summed E-state index contributed by atoms with van der Waals surface area (Å²) in [5.74, 6) is 0.972. The number of oxazole rings is 1. The van der Waals surface area contributed by atoms with Gasteiger partial charge >= 0.3 is 0 Å². The Morgan fingerprint density at radius 3 is 2.59 bits per heavy atom. The van der Waals surface area contributed by atoms with Crippen LogP contribution in [-0.2, 0) is 15.9 Å². The largest absolute Gasteiger partial charge is 0.441 e. The van der Waals surface area contributed by atoms with Crippen LogP contribution in [0.5, 0.6) is 0 Å². The standard InChI is InChI=1S/C22H29NO6/c1-12(13(2)24)21-18(29-21)8-15-11-27-17(20(26)19(15)25)9-16-10-23-22(28-16)14-6-4-3-5-7-14/h3-7,10,12-13,15,17-21,24-26H,8-9,11H2,1-2H3/t12-,13-,15-,17-,18+,19+,20-,21-/m0/s1. The van der Waals surface area contributed by atoms with Gasteiger partial charge in [0.05, 0.1) is 43.3 Å². The predicted octanol–water partition coefficient (Wildman–Crippen LogP) is 1.80. The fourth-order valence-electron chi connectivity index (χ4n) is 4.03. The van der Waals surface area contributed by atoms with Gasteiger partial charge in [0.1, 0.15) is 11.9 Å². The minimum absolute atomic E-state index is 0.00247. The number of benzene rings is 1. The van der Waals surface area contributed by atoms with Crippen molar-refractivity contribution in [3.8, 4) is 11.5 Å². The molecule has 7 heteroatoms. The molecule has 4 rings (SSSR count). The van der Waals surface area contributed by atoms with E-state index in [2.05, 4.69) is 4.98 Å². The predicted molar refractivity (Wildman–Crippen MR) is 105 cm³/mol. The number of hydrogen-bond donors (Lipinski definition) is 3. The van der Waals surface area contributed by atoms with Crippen LogP contribution in [0.4, 0.5) is 0 Å². The van der Waals surface area contributed by atoms with Gasteiger partial charge in [0, 0.05) is 23.8 Å². The van der Waals surface area contributed by atoms with Crippen LogP contribution in [-0.4, -0.2) is 63.5 Å². The Labute approximate surface area is 170 Å². The van der Waals surface area contributed by atoms with Crippen molar-refractivity contribution < 1.29 is 29.2 Å². The Hall–Kier alpha value is -1.77. The van der Waals surface area contributed by atoms with Crippen LogP contribution in [0.2, 0.25) is 0 Å². The molecular formula is C22H29NO6. The van der Waals surface area contributed by atoms with Crippen LogP contribution in [0.1, 0.15) is 26.0 Å². The maximum atomic E-state index is 10.6. The van der Waals surface area contributed by atoms with Gasteiger partial charge < -0.3 is 29.2 Å². The highest BCUT2D eigenvalue weighted by atomic mass is 16.6. The molecule has 0 saturated carbocycles. The van der Waals surface area contributed by atoms with Crippen LogP contribution in [0.3, 0.4) is 0 Å². The molecule has 0 spiro atoms. The van der Waals surface area contributed by atoms with Crippen molar-refractivity contribution in [2.24, 2.45) is 11.8 Å². The van der Waals surface area contributed by atoms with Crippen molar-refractivity contribution in [3.05, 3.63) is 42.3 Å². The molecule has 0 bridgehead atoms. The second kappa shape index (κ2) is 8.53. The maximum absolute atomic E-state index is 10.6. The van der Waals surface area contributed by atoms with Gasteiger partial charge in [-0.15, -0.1) is 0 Å². The first-order valence-corrected chi connectivity index (χ1v) is 10.3. The first-order chi connectivity index (χ1) is 13.9. The average Bonchev–Trinajstić information content (AvgIpc) is 3.33. The third-order valence-corrected chi connectivity index (χ3v) is 6.15. The Morgan fingerprint density at radius 2 is 1.86 bits per heavy atom. The lowest BCUT2D eigenvalue weighted by Crippen LogP contribution is -2.51. The number of aromatic nitrogens is 1. The van der Waals surface area contributed by atoms with E-state index in [1.54, 1.807) is 13.1 Å². The number of hydrogen-bond acceptors (Lipinski definition) is 7. The second-order valence-corrected chi connectivity index (χ2v) is 8.29. The van der Waals surface area contributed by atoms with Gasteiger partial charge in [0.15, 0.2) is 0 Å².